The van der Waals surface area contributed by atoms with Crippen LogP contribution in [0, 0.1) is 10.6 Å². The highest BCUT2D eigenvalue weighted by Crippen LogP contribution is 2.39. The summed E-state index contributed by atoms with van der Waals surface area (Å²) in [7, 11) is 0. The second kappa shape index (κ2) is 3.92. The van der Waals surface area contributed by atoms with Gasteiger partial charge in [-0.05, 0) is 43.3 Å². The molecule has 1 aliphatic carbocycles. The van der Waals surface area contributed by atoms with Crippen molar-refractivity contribution < 1.29 is 4.39 Å². The predicted molar refractivity (Wildman–Crippen MR) is 65.7 cm³/mol. The zero-order valence-electron chi connectivity index (χ0n) is 8.78. The molecule has 0 unspecified atom stereocenters. The maximum atomic E-state index is 13.4. The number of aromatic amines is 1. The predicted octanol–water partition coefficient (Wildman–Crippen LogP) is 3.60. The minimum atomic E-state index is -0.450. The number of rotatable bonds is 2. The van der Waals surface area contributed by atoms with Crippen LogP contribution < -0.4 is 0 Å². The van der Waals surface area contributed by atoms with Crippen LogP contribution in [0.1, 0.15) is 24.6 Å². The van der Waals surface area contributed by atoms with Crippen LogP contribution in [-0.2, 0) is 0 Å². The van der Waals surface area contributed by atoms with Crippen LogP contribution in [0.5, 0.6) is 0 Å². The van der Waals surface area contributed by atoms with Crippen molar-refractivity contribution in [2.75, 3.05) is 0 Å². The topological polar surface area (TPSA) is 33.6 Å². The first-order valence-corrected chi connectivity index (χ1v) is 6.08. The monoisotopic (exact) mass is 269 g/mol. The number of aromatic nitrogens is 3. The van der Waals surface area contributed by atoms with Crippen molar-refractivity contribution in [1.29, 1.82) is 0 Å². The minimum absolute atomic E-state index is 0.108. The molecule has 1 heterocycles. The molecule has 0 bridgehead atoms. The van der Waals surface area contributed by atoms with Crippen molar-refractivity contribution in [2.45, 2.75) is 18.8 Å². The Balaban J connectivity index is 2.17. The molecule has 1 aromatic carbocycles. The number of halogens is 2. The third-order valence-electron chi connectivity index (χ3n) is 2.80. The molecule has 1 aromatic heterocycles. The van der Waals surface area contributed by atoms with Gasteiger partial charge in [-0.25, -0.2) is 4.39 Å². The van der Waals surface area contributed by atoms with Crippen molar-refractivity contribution in [3.63, 3.8) is 0 Å². The van der Waals surface area contributed by atoms with Gasteiger partial charge in [-0.3, -0.25) is 9.67 Å². The van der Waals surface area contributed by atoms with Crippen LogP contribution in [0.2, 0.25) is 5.02 Å². The fourth-order valence-corrected chi connectivity index (χ4v) is 2.16. The third-order valence-corrected chi connectivity index (χ3v) is 3.38. The smallest absolute Gasteiger partial charge is 0.199 e. The summed E-state index contributed by atoms with van der Waals surface area (Å²) >= 11 is 10.8. The van der Waals surface area contributed by atoms with Gasteiger partial charge < -0.3 is 0 Å². The normalized spacial score (nSPS) is 15.2. The summed E-state index contributed by atoms with van der Waals surface area (Å²) in [5.41, 5.74) is 0.660. The SMILES string of the molecule is Fc1cc(-n2c(C3CC3)n[nH]c2=S)ccc1Cl. The number of benzene rings is 1. The van der Waals surface area contributed by atoms with Gasteiger partial charge in [0.1, 0.15) is 11.6 Å². The lowest BCUT2D eigenvalue weighted by molar-refractivity contribution is 0.626. The molecule has 0 spiro atoms. The van der Waals surface area contributed by atoms with Crippen molar-refractivity contribution in [3.05, 3.63) is 39.6 Å². The van der Waals surface area contributed by atoms with Crippen molar-refractivity contribution in [2.24, 2.45) is 0 Å². The van der Waals surface area contributed by atoms with Gasteiger partial charge in [0.25, 0.3) is 0 Å². The maximum Gasteiger partial charge on any atom is 0.199 e. The largest absolute Gasteiger partial charge is 0.272 e. The van der Waals surface area contributed by atoms with Crippen molar-refractivity contribution in [3.8, 4) is 5.69 Å². The summed E-state index contributed by atoms with van der Waals surface area (Å²) in [4.78, 5) is 0. The van der Waals surface area contributed by atoms with E-state index in [0.29, 0.717) is 16.4 Å². The second-order valence-corrected chi connectivity index (χ2v) is 4.89. The van der Waals surface area contributed by atoms with E-state index in [2.05, 4.69) is 10.2 Å². The van der Waals surface area contributed by atoms with E-state index in [1.165, 1.54) is 12.1 Å². The summed E-state index contributed by atoms with van der Waals surface area (Å²) in [6.45, 7) is 0. The van der Waals surface area contributed by atoms with Gasteiger partial charge in [-0.1, -0.05) is 11.6 Å². The highest BCUT2D eigenvalue weighted by molar-refractivity contribution is 7.71. The molecule has 1 N–H and O–H groups in total. The Morgan fingerprint density at radius 3 is 2.88 bits per heavy atom. The maximum absolute atomic E-state index is 13.4. The molecule has 1 aliphatic rings. The van der Waals surface area contributed by atoms with Gasteiger partial charge in [0.05, 0.1) is 10.7 Å². The van der Waals surface area contributed by atoms with Crippen LogP contribution in [-0.4, -0.2) is 14.8 Å². The Morgan fingerprint density at radius 1 is 1.47 bits per heavy atom. The summed E-state index contributed by atoms with van der Waals surface area (Å²) in [6.07, 6.45) is 2.21. The molecular weight excluding hydrogens is 261 g/mol. The lowest BCUT2D eigenvalue weighted by Gasteiger charge is -2.06. The Hall–Kier alpha value is -1.20. The molecule has 0 atom stereocenters. The van der Waals surface area contributed by atoms with Gasteiger partial charge in [-0.15, -0.1) is 0 Å². The van der Waals surface area contributed by atoms with Crippen molar-refractivity contribution >= 4 is 23.8 Å². The number of hydrogen-bond acceptors (Lipinski definition) is 2. The number of hydrogen-bond donors (Lipinski definition) is 1. The molecule has 88 valence electrons. The first-order chi connectivity index (χ1) is 8.16. The van der Waals surface area contributed by atoms with Gasteiger partial charge in [0, 0.05) is 5.92 Å². The molecule has 17 heavy (non-hydrogen) atoms. The molecule has 3 rings (SSSR count). The minimum Gasteiger partial charge on any atom is -0.272 e. The molecular formula is C11H9ClFN3S. The van der Waals surface area contributed by atoms with E-state index in [-0.39, 0.29) is 5.02 Å². The van der Waals surface area contributed by atoms with E-state index >= 15 is 0 Å². The van der Waals surface area contributed by atoms with Crippen LogP contribution in [0.25, 0.3) is 5.69 Å². The molecule has 6 heteroatoms. The molecule has 3 nitrogen and oxygen atoms in total. The lowest BCUT2D eigenvalue weighted by atomic mass is 10.3. The van der Waals surface area contributed by atoms with E-state index in [1.807, 2.05) is 0 Å². The lowest BCUT2D eigenvalue weighted by Crippen LogP contribution is -2.00. The standard InChI is InChI=1S/C11H9ClFN3S/c12-8-4-3-7(5-9(8)13)16-10(6-1-2-6)14-15-11(16)17/h3-6H,1-2H2,(H,15,17). The highest BCUT2D eigenvalue weighted by atomic mass is 35.5. The van der Waals surface area contributed by atoms with E-state index < -0.39 is 5.82 Å². The highest BCUT2D eigenvalue weighted by Gasteiger charge is 2.29. The zero-order chi connectivity index (χ0) is 12.0. The fraction of sp³-hybridized carbons (Fsp3) is 0.273. The van der Waals surface area contributed by atoms with Gasteiger partial charge in [0.15, 0.2) is 4.77 Å². The van der Waals surface area contributed by atoms with Crippen LogP contribution in [0.4, 0.5) is 4.39 Å². The molecule has 0 saturated heterocycles. The second-order valence-electron chi connectivity index (χ2n) is 4.10. The average Bonchev–Trinajstić information content (AvgIpc) is 3.07. The fourth-order valence-electron chi connectivity index (χ4n) is 1.80. The summed E-state index contributed by atoms with van der Waals surface area (Å²) in [5, 5.41) is 7.06. The molecule has 0 amide bonds. The number of nitrogens with one attached hydrogen (secondary N) is 1. The Morgan fingerprint density at radius 2 is 2.24 bits per heavy atom. The summed E-state index contributed by atoms with van der Waals surface area (Å²) in [5.74, 6) is 0.854. The van der Waals surface area contributed by atoms with Crippen LogP contribution >= 0.6 is 23.8 Å². The first kappa shape index (κ1) is 10.9. The van der Waals surface area contributed by atoms with E-state index in [0.717, 1.165) is 18.7 Å². The number of nitrogens with zero attached hydrogens (tertiary/aromatic N) is 2. The van der Waals surface area contributed by atoms with E-state index in [9.17, 15) is 4.39 Å². The van der Waals surface area contributed by atoms with E-state index in [1.54, 1.807) is 10.6 Å². The summed E-state index contributed by atoms with van der Waals surface area (Å²) < 4.78 is 15.7. The van der Waals surface area contributed by atoms with E-state index in [4.69, 9.17) is 23.8 Å². The van der Waals surface area contributed by atoms with Gasteiger partial charge in [0.2, 0.25) is 0 Å². The molecule has 1 fully saturated rings. The quantitative estimate of drug-likeness (QED) is 0.845. The van der Waals surface area contributed by atoms with Gasteiger partial charge in [-0.2, -0.15) is 5.10 Å². The third kappa shape index (κ3) is 1.89. The zero-order valence-corrected chi connectivity index (χ0v) is 10.4. The Labute approximate surface area is 107 Å². The Bertz CT molecular complexity index is 630. The molecule has 0 aliphatic heterocycles. The Kier molecular flexibility index (Phi) is 2.52. The molecule has 0 radical (unpaired) electrons. The molecule has 1 saturated carbocycles. The van der Waals surface area contributed by atoms with Crippen LogP contribution in [0.15, 0.2) is 18.2 Å². The first-order valence-electron chi connectivity index (χ1n) is 5.29. The number of H-pyrrole nitrogens is 1. The van der Waals surface area contributed by atoms with Crippen LogP contribution in [0.3, 0.4) is 0 Å². The van der Waals surface area contributed by atoms with Crippen molar-refractivity contribution in [1.82, 2.24) is 14.8 Å². The average molecular weight is 270 g/mol. The summed E-state index contributed by atoms with van der Waals surface area (Å²) in [6, 6.07) is 4.64. The molecule has 2 aromatic rings. The van der Waals surface area contributed by atoms with Gasteiger partial charge >= 0.3 is 0 Å².